The maximum atomic E-state index is 12.2. The quantitative estimate of drug-likeness (QED) is 0.888. The Labute approximate surface area is 126 Å². The smallest absolute Gasteiger partial charge is 0.251 e. The third kappa shape index (κ3) is 3.45. The number of nitrogens with one attached hydrogen (secondary N) is 2. The van der Waals surface area contributed by atoms with Gasteiger partial charge in [0.2, 0.25) is 0 Å². The number of aromatic nitrogens is 1. The summed E-state index contributed by atoms with van der Waals surface area (Å²) in [4.78, 5) is 17.8. The summed E-state index contributed by atoms with van der Waals surface area (Å²) in [6.45, 7) is 9.94. The zero-order chi connectivity index (χ0) is 15.6. The molecule has 2 rings (SSSR count). The van der Waals surface area contributed by atoms with Gasteiger partial charge in [0, 0.05) is 41.3 Å². The Morgan fingerprint density at radius 2 is 2.05 bits per heavy atom. The zero-order valence-corrected chi connectivity index (χ0v) is 13.6. The maximum Gasteiger partial charge on any atom is 0.251 e. The van der Waals surface area contributed by atoms with E-state index in [0.29, 0.717) is 12.6 Å². The Morgan fingerprint density at radius 1 is 1.33 bits per heavy atom. The van der Waals surface area contributed by atoms with Gasteiger partial charge in [0.15, 0.2) is 0 Å². The van der Waals surface area contributed by atoms with E-state index in [1.165, 1.54) is 5.56 Å². The largest absolute Gasteiger partial charge is 0.358 e. The number of aromatic amines is 1. The molecule has 0 aliphatic rings. The lowest BCUT2D eigenvalue weighted by molar-refractivity contribution is 0.0948. The minimum atomic E-state index is -0.00712. The number of fused-ring (bicyclic) bond motifs is 1. The van der Waals surface area contributed by atoms with Crippen LogP contribution in [0.15, 0.2) is 18.2 Å². The first-order valence-electron chi connectivity index (χ1n) is 7.47. The van der Waals surface area contributed by atoms with Crippen LogP contribution in [0, 0.1) is 13.8 Å². The van der Waals surface area contributed by atoms with Crippen LogP contribution in [0.3, 0.4) is 0 Å². The molecule has 4 nitrogen and oxygen atoms in total. The SMILES string of the molecule is Cc1[nH]c2ccc(C(=O)NCCN(C)C(C)C)cc2c1C. The fourth-order valence-electron chi connectivity index (χ4n) is 2.31. The number of benzene rings is 1. The minimum absolute atomic E-state index is 0.00712. The van der Waals surface area contributed by atoms with E-state index in [-0.39, 0.29) is 5.91 Å². The summed E-state index contributed by atoms with van der Waals surface area (Å²) < 4.78 is 0. The lowest BCUT2D eigenvalue weighted by Crippen LogP contribution is -2.36. The normalized spacial score (nSPS) is 11.6. The van der Waals surface area contributed by atoms with Gasteiger partial charge in [0.05, 0.1) is 0 Å². The molecule has 1 aromatic heterocycles. The molecule has 114 valence electrons. The Bertz CT molecular complexity index is 643. The zero-order valence-electron chi connectivity index (χ0n) is 13.6. The molecule has 0 radical (unpaired) electrons. The second-order valence-electron chi connectivity index (χ2n) is 5.97. The van der Waals surface area contributed by atoms with Crippen LogP contribution in [-0.2, 0) is 0 Å². The van der Waals surface area contributed by atoms with Crippen molar-refractivity contribution in [1.29, 1.82) is 0 Å². The number of likely N-dealkylation sites (N-methyl/N-ethyl adjacent to an activating group) is 1. The molecular weight excluding hydrogens is 262 g/mol. The van der Waals surface area contributed by atoms with E-state index in [1.807, 2.05) is 18.2 Å². The molecule has 0 fully saturated rings. The highest BCUT2D eigenvalue weighted by molar-refractivity contribution is 5.99. The van der Waals surface area contributed by atoms with Gasteiger partial charge in [0.1, 0.15) is 0 Å². The van der Waals surface area contributed by atoms with Crippen LogP contribution in [0.4, 0.5) is 0 Å². The molecule has 0 saturated carbocycles. The molecule has 0 aliphatic heterocycles. The summed E-state index contributed by atoms with van der Waals surface area (Å²) in [5.74, 6) is -0.00712. The fourth-order valence-corrected chi connectivity index (χ4v) is 2.31. The average Bonchev–Trinajstić information content (AvgIpc) is 2.73. The maximum absolute atomic E-state index is 12.2. The first-order valence-corrected chi connectivity index (χ1v) is 7.47. The Hall–Kier alpha value is -1.81. The van der Waals surface area contributed by atoms with E-state index in [0.717, 1.165) is 28.7 Å². The van der Waals surface area contributed by atoms with Gasteiger partial charge in [-0.25, -0.2) is 0 Å². The summed E-state index contributed by atoms with van der Waals surface area (Å²) in [6, 6.07) is 6.31. The van der Waals surface area contributed by atoms with E-state index >= 15 is 0 Å². The molecule has 4 heteroatoms. The third-order valence-corrected chi connectivity index (χ3v) is 4.20. The van der Waals surface area contributed by atoms with Crippen LogP contribution >= 0.6 is 0 Å². The van der Waals surface area contributed by atoms with Crippen molar-refractivity contribution in [3.8, 4) is 0 Å². The van der Waals surface area contributed by atoms with Crippen molar-refractivity contribution in [1.82, 2.24) is 15.2 Å². The average molecular weight is 287 g/mol. The molecule has 0 atom stereocenters. The molecule has 1 heterocycles. The highest BCUT2D eigenvalue weighted by atomic mass is 16.1. The number of amides is 1. The number of carbonyl (C=O) groups excluding carboxylic acids is 1. The number of hydrogen-bond donors (Lipinski definition) is 2. The van der Waals surface area contributed by atoms with Crippen molar-refractivity contribution in [3.05, 3.63) is 35.0 Å². The summed E-state index contributed by atoms with van der Waals surface area (Å²) in [5.41, 5.74) is 4.16. The molecule has 0 bridgehead atoms. The van der Waals surface area contributed by atoms with Crippen LogP contribution < -0.4 is 5.32 Å². The van der Waals surface area contributed by atoms with Gasteiger partial charge >= 0.3 is 0 Å². The van der Waals surface area contributed by atoms with Gasteiger partial charge in [-0.05, 0) is 58.5 Å². The number of nitrogens with zero attached hydrogens (tertiary/aromatic N) is 1. The number of hydrogen-bond acceptors (Lipinski definition) is 2. The number of aryl methyl sites for hydroxylation is 2. The first kappa shape index (κ1) is 15.6. The Morgan fingerprint density at radius 3 is 2.71 bits per heavy atom. The first-order chi connectivity index (χ1) is 9.90. The lowest BCUT2D eigenvalue weighted by atomic mass is 10.1. The van der Waals surface area contributed by atoms with Crippen LogP contribution in [-0.4, -0.2) is 42.0 Å². The van der Waals surface area contributed by atoms with Crippen molar-refractivity contribution >= 4 is 16.8 Å². The molecule has 0 spiro atoms. The lowest BCUT2D eigenvalue weighted by Gasteiger charge is -2.20. The van der Waals surface area contributed by atoms with Gasteiger partial charge in [-0.3, -0.25) is 4.79 Å². The Balaban J connectivity index is 2.04. The number of H-pyrrole nitrogens is 1. The second-order valence-corrected chi connectivity index (χ2v) is 5.97. The fraction of sp³-hybridized carbons (Fsp3) is 0.471. The highest BCUT2D eigenvalue weighted by Crippen LogP contribution is 2.22. The van der Waals surface area contributed by atoms with Crippen LogP contribution in [0.1, 0.15) is 35.5 Å². The van der Waals surface area contributed by atoms with Gasteiger partial charge in [-0.2, -0.15) is 0 Å². The standard InChI is InChI=1S/C17H25N3O/c1-11(2)20(5)9-8-18-17(21)14-6-7-16-15(10-14)12(3)13(4)19-16/h6-7,10-11,19H,8-9H2,1-5H3,(H,18,21). The molecule has 2 N–H and O–H groups in total. The highest BCUT2D eigenvalue weighted by Gasteiger charge is 2.10. The van der Waals surface area contributed by atoms with E-state index in [9.17, 15) is 4.79 Å². The van der Waals surface area contributed by atoms with Crippen molar-refractivity contribution in [2.75, 3.05) is 20.1 Å². The van der Waals surface area contributed by atoms with Gasteiger partial charge in [-0.15, -0.1) is 0 Å². The predicted molar refractivity (Wildman–Crippen MR) is 87.9 cm³/mol. The molecule has 1 amide bonds. The van der Waals surface area contributed by atoms with Crippen molar-refractivity contribution in [2.24, 2.45) is 0 Å². The van der Waals surface area contributed by atoms with Crippen LogP contribution in [0.25, 0.3) is 10.9 Å². The molecule has 0 aliphatic carbocycles. The van der Waals surface area contributed by atoms with E-state index < -0.39 is 0 Å². The van der Waals surface area contributed by atoms with Crippen LogP contribution in [0.5, 0.6) is 0 Å². The van der Waals surface area contributed by atoms with Gasteiger partial charge in [0.25, 0.3) is 5.91 Å². The number of rotatable bonds is 5. The van der Waals surface area contributed by atoms with Crippen molar-refractivity contribution in [3.63, 3.8) is 0 Å². The summed E-state index contributed by atoms with van der Waals surface area (Å²) in [6.07, 6.45) is 0. The summed E-state index contributed by atoms with van der Waals surface area (Å²) >= 11 is 0. The topological polar surface area (TPSA) is 48.1 Å². The summed E-state index contributed by atoms with van der Waals surface area (Å²) in [5, 5.41) is 4.11. The summed E-state index contributed by atoms with van der Waals surface area (Å²) in [7, 11) is 2.06. The van der Waals surface area contributed by atoms with Crippen LogP contribution in [0.2, 0.25) is 0 Å². The monoisotopic (exact) mass is 287 g/mol. The minimum Gasteiger partial charge on any atom is -0.358 e. The molecular formula is C17H25N3O. The number of carbonyl (C=O) groups is 1. The van der Waals surface area contributed by atoms with E-state index in [2.05, 4.69) is 49.9 Å². The molecule has 21 heavy (non-hydrogen) atoms. The van der Waals surface area contributed by atoms with Gasteiger partial charge in [-0.1, -0.05) is 0 Å². The third-order valence-electron chi connectivity index (χ3n) is 4.20. The Kier molecular flexibility index (Phi) is 4.68. The molecule has 0 unspecified atom stereocenters. The molecule has 1 aromatic carbocycles. The van der Waals surface area contributed by atoms with E-state index in [1.54, 1.807) is 0 Å². The second kappa shape index (κ2) is 6.31. The van der Waals surface area contributed by atoms with E-state index in [4.69, 9.17) is 0 Å². The van der Waals surface area contributed by atoms with Crippen molar-refractivity contribution < 1.29 is 4.79 Å². The molecule has 2 aromatic rings. The predicted octanol–water partition coefficient (Wildman–Crippen LogP) is 2.85. The van der Waals surface area contributed by atoms with Gasteiger partial charge < -0.3 is 15.2 Å². The molecule has 0 saturated heterocycles. The van der Waals surface area contributed by atoms with Crippen molar-refractivity contribution in [2.45, 2.75) is 33.7 Å².